The second-order valence-corrected chi connectivity index (χ2v) is 25.5. The Labute approximate surface area is 458 Å². The Kier molecular flexibility index (Phi) is 13.2. The van der Waals surface area contributed by atoms with Gasteiger partial charge in [-0.15, -0.1) is 0 Å². The molecule has 3 heterocycles. The molecule has 0 aliphatic carbocycles. The third kappa shape index (κ3) is 9.45. The van der Waals surface area contributed by atoms with Gasteiger partial charge in [0.15, 0.2) is 0 Å². The number of aromatic nitrogens is 4. The van der Waals surface area contributed by atoms with Gasteiger partial charge in [0.25, 0.3) is 0 Å². The van der Waals surface area contributed by atoms with Gasteiger partial charge >= 0.3 is 0 Å². The van der Waals surface area contributed by atoms with Gasteiger partial charge in [-0.3, -0.25) is 4.57 Å². The molecule has 4 nitrogen and oxygen atoms in total. The van der Waals surface area contributed by atoms with Crippen LogP contribution in [0.2, 0.25) is 0 Å². The predicted octanol–water partition coefficient (Wildman–Crippen LogP) is 19.7. The molecule has 0 amide bonds. The van der Waals surface area contributed by atoms with Crippen molar-refractivity contribution in [2.24, 2.45) is 21.7 Å². The zero-order chi connectivity index (χ0) is 53.9. The average Bonchev–Trinajstić information content (AvgIpc) is 4.34. The molecular weight excluding hydrogens is 933 g/mol. The van der Waals surface area contributed by atoms with Crippen LogP contribution in [0, 0.1) is 21.7 Å². The van der Waals surface area contributed by atoms with E-state index in [-0.39, 0.29) is 33.5 Å². The highest BCUT2D eigenvalue weighted by Gasteiger charge is 2.47. The van der Waals surface area contributed by atoms with Gasteiger partial charge in [-0.05, 0) is 148 Å². The van der Waals surface area contributed by atoms with Gasteiger partial charge in [-0.1, -0.05) is 215 Å². The monoisotopic (exact) mass is 1010 g/mol. The number of hydrogen-bond acceptors (Lipinski definition) is 1. The first-order valence-electron chi connectivity index (χ1n) is 27.9. The van der Waals surface area contributed by atoms with Crippen LogP contribution < -0.4 is 0 Å². The van der Waals surface area contributed by atoms with E-state index in [1.54, 1.807) is 0 Å². The number of hydrogen-bond donors (Lipinski definition) is 0. The van der Waals surface area contributed by atoms with Crippen LogP contribution in [-0.4, -0.2) is 18.7 Å². The van der Waals surface area contributed by atoms with Gasteiger partial charge in [0.2, 0.25) is 0 Å². The molecule has 11 rings (SSSR count). The van der Waals surface area contributed by atoms with Crippen LogP contribution in [-0.2, 0) is 5.41 Å². The molecule has 3 aromatic heterocycles. The first-order valence-corrected chi connectivity index (χ1v) is 27.9. The fourth-order valence-electron chi connectivity index (χ4n) is 12.8. The fourth-order valence-corrected chi connectivity index (χ4v) is 12.8. The summed E-state index contributed by atoms with van der Waals surface area (Å²) >= 11 is 0. The maximum atomic E-state index is 5.32. The van der Waals surface area contributed by atoms with Crippen LogP contribution in [0.3, 0.4) is 0 Å². The van der Waals surface area contributed by atoms with Gasteiger partial charge < -0.3 is 9.13 Å². The minimum absolute atomic E-state index is 0.0136. The minimum Gasteiger partial charge on any atom is -0.316 e. The Hall–Kier alpha value is -7.69. The number of nitrogens with zero attached hydrogens (tertiary/aromatic N) is 4. The molecule has 2 unspecified atom stereocenters. The second-order valence-electron chi connectivity index (χ2n) is 25.5. The average molecular weight is 1010 g/mol. The fraction of sp³-hybridized carbons (Fsp3) is 0.274. The number of imidazole rings is 1. The third-order valence-electron chi connectivity index (χ3n) is 17.8. The van der Waals surface area contributed by atoms with E-state index >= 15 is 0 Å². The molecule has 0 bridgehead atoms. The maximum absolute atomic E-state index is 5.32. The van der Waals surface area contributed by atoms with Gasteiger partial charge in [0, 0.05) is 51.2 Å². The molecule has 0 N–H and O–H groups in total. The second kappa shape index (κ2) is 19.7. The summed E-state index contributed by atoms with van der Waals surface area (Å²) in [4.78, 5) is 5.32. The minimum atomic E-state index is -0.546. The van der Waals surface area contributed by atoms with Crippen LogP contribution in [0.1, 0.15) is 129 Å². The molecule has 0 aliphatic heterocycles. The van der Waals surface area contributed by atoms with E-state index in [9.17, 15) is 0 Å². The van der Waals surface area contributed by atoms with Crippen LogP contribution >= 0.6 is 0 Å². The molecule has 4 heteroatoms. The molecule has 0 radical (unpaired) electrons. The molecule has 0 spiro atoms. The Bertz CT molecular complexity index is 3720. The van der Waals surface area contributed by atoms with E-state index < -0.39 is 5.41 Å². The highest BCUT2D eigenvalue weighted by Crippen LogP contribution is 2.58. The summed E-state index contributed by atoms with van der Waals surface area (Å²) in [6.07, 6.45) is 6.90. The molecule has 77 heavy (non-hydrogen) atoms. The van der Waals surface area contributed by atoms with E-state index in [1.165, 1.54) is 49.6 Å². The molecule has 2 atom stereocenters. The van der Waals surface area contributed by atoms with E-state index in [0.29, 0.717) is 0 Å². The zero-order valence-electron chi connectivity index (χ0n) is 47.2. The lowest BCUT2D eigenvalue weighted by molar-refractivity contribution is 0.0305. The first kappa shape index (κ1) is 51.4. The maximum Gasteiger partial charge on any atom is 0.145 e. The van der Waals surface area contributed by atoms with E-state index in [0.717, 1.165) is 52.3 Å². The number of benzene rings is 8. The van der Waals surface area contributed by atoms with E-state index in [4.69, 9.17) is 4.98 Å². The summed E-state index contributed by atoms with van der Waals surface area (Å²) in [5.41, 5.74) is 15.0. The molecule has 11 aromatic rings. The number of para-hydroxylation sites is 7. The van der Waals surface area contributed by atoms with Crippen LogP contribution in [0.5, 0.6) is 0 Å². The predicted molar refractivity (Wildman–Crippen MR) is 326 cm³/mol. The molecular formula is C73H76N4. The summed E-state index contributed by atoms with van der Waals surface area (Å²) in [5, 5.41) is 2.50. The summed E-state index contributed by atoms with van der Waals surface area (Å²) < 4.78 is 7.10. The molecule has 388 valence electrons. The normalized spacial score (nSPS) is 13.6. The Morgan fingerprint density at radius 1 is 0.416 bits per heavy atom. The molecule has 0 saturated heterocycles. The highest BCUT2D eigenvalue weighted by molar-refractivity contribution is 5.93. The van der Waals surface area contributed by atoms with Gasteiger partial charge in [0.05, 0.1) is 22.1 Å². The SMILES string of the molecule is CC(C)(C)CC(c1cccc(-c2nc3ccccc3n2-c2ccccc2)c1)C(C)(C)C(C)(C)CC(c1ccc(C(C)(c2cn(-c3ccccc3)c3ccccc23)c2cn(-c3ccccc3)c3ccccc23)cc1)C(C)(C)C. The lowest BCUT2D eigenvalue weighted by Gasteiger charge is -2.52. The summed E-state index contributed by atoms with van der Waals surface area (Å²) in [7, 11) is 0. The third-order valence-corrected chi connectivity index (χ3v) is 17.8. The summed E-state index contributed by atoms with van der Waals surface area (Å²) in [6, 6.07) is 78.0. The van der Waals surface area contributed by atoms with E-state index in [1.807, 2.05) is 0 Å². The van der Waals surface area contributed by atoms with Gasteiger partial charge in [-0.25, -0.2) is 4.98 Å². The van der Waals surface area contributed by atoms with Crippen LogP contribution in [0.25, 0.3) is 61.3 Å². The van der Waals surface area contributed by atoms with Crippen molar-refractivity contribution in [2.75, 3.05) is 0 Å². The van der Waals surface area contributed by atoms with Crippen molar-refractivity contribution in [3.05, 3.63) is 253 Å². The zero-order valence-corrected chi connectivity index (χ0v) is 47.2. The van der Waals surface area contributed by atoms with Crippen molar-refractivity contribution in [3.63, 3.8) is 0 Å². The largest absolute Gasteiger partial charge is 0.316 e. The van der Waals surface area contributed by atoms with E-state index in [2.05, 4.69) is 315 Å². The number of fused-ring (bicyclic) bond motifs is 3. The van der Waals surface area contributed by atoms with Crippen molar-refractivity contribution >= 4 is 32.8 Å². The summed E-state index contributed by atoms with van der Waals surface area (Å²) in [6.45, 7) is 27.3. The molecule has 0 saturated carbocycles. The molecule has 8 aromatic carbocycles. The molecule has 0 aliphatic rings. The van der Waals surface area contributed by atoms with Crippen LogP contribution in [0.4, 0.5) is 0 Å². The number of rotatable bonds is 14. The Morgan fingerprint density at radius 2 is 0.896 bits per heavy atom. The van der Waals surface area contributed by atoms with Crippen molar-refractivity contribution in [1.82, 2.24) is 18.7 Å². The smallest absolute Gasteiger partial charge is 0.145 e. The Morgan fingerprint density at radius 3 is 1.42 bits per heavy atom. The van der Waals surface area contributed by atoms with Gasteiger partial charge in [0.1, 0.15) is 5.82 Å². The standard InChI is InChI=1S/C73H76N4/c1-69(2,3)47-61(52-28-27-29-53(46-52)68-74-64-38-23-26-41-67(64)77(68)57-34-19-14-20-35-57)72(9,10)71(7,8)48-60(70(4,5)6)51-42-44-54(45-43-51)73(11,62-49-75(55-30-15-12-16-31-55)65-39-24-21-36-58(62)65)63-50-76(56-32-17-13-18-33-56)66-40-25-22-37-59(63)66/h12-46,49-50,60-61H,47-48H2,1-11H3. The quantitative estimate of drug-likeness (QED) is 0.107. The van der Waals surface area contributed by atoms with Crippen molar-refractivity contribution in [1.29, 1.82) is 0 Å². The lowest BCUT2D eigenvalue weighted by atomic mass is 9.53. The van der Waals surface area contributed by atoms with Crippen molar-refractivity contribution in [2.45, 2.75) is 106 Å². The highest BCUT2D eigenvalue weighted by atomic mass is 15.1. The molecule has 0 fully saturated rings. The topological polar surface area (TPSA) is 27.7 Å². The first-order chi connectivity index (χ1) is 36.8. The Balaban J connectivity index is 1.00. The van der Waals surface area contributed by atoms with Crippen molar-refractivity contribution < 1.29 is 0 Å². The van der Waals surface area contributed by atoms with Gasteiger partial charge in [-0.2, -0.15) is 0 Å². The van der Waals surface area contributed by atoms with Crippen LogP contribution in [0.15, 0.2) is 225 Å². The van der Waals surface area contributed by atoms with Crippen molar-refractivity contribution in [3.8, 4) is 28.5 Å². The lowest BCUT2D eigenvalue weighted by Crippen LogP contribution is -2.41. The summed E-state index contributed by atoms with van der Waals surface area (Å²) in [5.74, 6) is 1.53.